The van der Waals surface area contributed by atoms with Crippen LogP contribution in [0.25, 0.3) is 0 Å². The number of hydrogen-bond donors (Lipinski definition) is 0. The minimum Gasteiger partial charge on any atom is -0.375 e. The highest BCUT2D eigenvalue weighted by Crippen LogP contribution is 2.17. The molecule has 0 fully saturated rings. The largest absolute Gasteiger partial charge is 0.375 e. The molecule has 0 aliphatic rings. The molecule has 0 aromatic carbocycles. The lowest BCUT2D eigenvalue weighted by atomic mass is 10.1. The minimum absolute atomic E-state index is 0.0821. The monoisotopic (exact) mass is 179 g/mol. The maximum atomic E-state index is 5.21. The molecule has 0 amide bonds. The van der Waals surface area contributed by atoms with Crippen LogP contribution in [0, 0.1) is 0 Å². The molecule has 0 aliphatic heterocycles. The van der Waals surface area contributed by atoms with Gasteiger partial charge < -0.3 is 4.74 Å². The van der Waals surface area contributed by atoms with E-state index in [1.165, 1.54) is 0 Å². The number of aromatic nitrogens is 1. The van der Waals surface area contributed by atoms with Crippen LogP contribution in [0.15, 0.2) is 18.2 Å². The van der Waals surface area contributed by atoms with E-state index in [4.69, 9.17) is 4.74 Å². The summed E-state index contributed by atoms with van der Waals surface area (Å²) < 4.78 is 5.21. The maximum Gasteiger partial charge on any atom is 0.0962 e. The number of pyridine rings is 1. The van der Waals surface area contributed by atoms with Gasteiger partial charge in [0.15, 0.2) is 0 Å². The van der Waals surface area contributed by atoms with E-state index >= 15 is 0 Å². The number of rotatable bonds is 3. The van der Waals surface area contributed by atoms with E-state index in [9.17, 15) is 0 Å². The van der Waals surface area contributed by atoms with Gasteiger partial charge in [-0.05, 0) is 25.0 Å². The Morgan fingerprint density at radius 3 is 2.31 bits per heavy atom. The Morgan fingerprint density at radius 2 is 1.77 bits per heavy atom. The van der Waals surface area contributed by atoms with Gasteiger partial charge in [0.05, 0.1) is 11.8 Å². The molecule has 0 saturated heterocycles. The fourth-order valence-corrected chi connectivity index (χ4v) is 1.14. The Morgan fingerprint density at radius 1 is 1.15 bits per heavy atom. The van der Waals surface area contributed by atoms with E-state index in [1.54, 1.807) is 7.11 Å². The fraction of sp³-hybridized carbons (Fsp3) is 0.545. The van der Waals surface area contributed by atoms with Crippen molar-refractivity contribution in [1.82, 2.24) is 4.98 Å². The molecular formula is C11H17NO. The Balaban J connectivity index is 2.91. The molecular weight excluding hydrogens is 162 g/mol. The van der Waals surface area contributed by atoms with Crippen molar-refractivity contribution >= 4 is 0 Å². The highest BCUT2D eigenvalue weighted by atomic mass is 16.5. The van der Waals surface area contributed by atoms with Crippen LogP contribution < -0.4 is 0 Å². The van der Waals surface area contributed by atoms with Crippen molar-refractivity contribution in [3.63, 3.8) is 0 Å². The number of methoxy groups -OCH3 is 1. The highest BCUT2D eigenvalue weighted by Gasteiger charge is 2.07. The first kappa shape index (κ1) is 10.2. The lowest BCUT2D eigenvalue weighted by Crippen LogP contribution is -2.02. The molecule has 0 bridgehead atoms. The van der Waals surface area contributed by atoms with Gasteiger partial charge in [-0.3, -0.25) is 4.98 Å². The average Bonchev–Trinajstić information content (AvgIpc) is 2.17. The van der Waals surface area contributed by atoms with Crippen LogP contribution in [0.1, 0.15) is 44.2 Å². The van der Waals surface area contributed by atoms with E-state index in [-0.39, 0.29) is 6.10 Å². The zero-order chi connectivity index (χ0) is 9.84. The van der Waals surface area contributed by atoms with Gasteiger partial charge in [-0.25, -0.2) is 0 Å². The molecule has 0 N–H and O–H groups in total. The molecule has 0 spiro atoms. The van der Waals surface area contributed by atoms with Crippen molar-refractivity contribution in [3.8, 4) is 0 Å². The number of nitrogens with zero attached hydrogens (tertiary/aromatic N) is 1. The summed E-state index contributed by atoms with van der Waals surface area (Å²) in [7, 11) is 1.70. The third-order valence-electron chi connectivity index (χ3n) is 2.15. The summed E-state index contributed by atoms with van der Waals surface area (Å²) in [4.78, 5) is 4.52. The summed E-state index contributed by atoms with van der Waals surface area (Å²) in [5.41, 5.74) is 2.13. The van der Waals surface area contributed by atoms with Crippen molar-refractivity contribution in [2.75, 3.05) is 7.11 Å². The molecule has 1 rings (SSSR count). The number of hydrogen-bond acceptors (Lipinski definition) is 2. The molecule has 2 heteroatoms. The minimum atomic E-state index is 0.0821. The summed E-state index contributed by atoms with van der Waals surface area (Å²) in [6, 6.07) is 6.09. The van der Waals surface area contributed by atoms with E-state index in [2.05, 4.69) is 24.9 Å². The molecule has 2 nitrogen and oxygen atoms in total. The van der Waals surface area contributed by atoms with Crippen LogP contribution in [0.2, 0.25) is 0 Å². The standard InChI is InChI=1S/C11H17NO/c1-8(2)10-6-5-7-11(12-10)9(3)13-4/h5-9H,1-4H3/t9-/m1/s1. The molecule has 0 radical (unpaired) electrons. The van der Waals surface area contributed by atoms with E-state index in [0.717, 1.165) is 11.4 Å². The zero-order valence-electron chi connectivity index (χ0n) is 8.74. The summed E-state index contributed by atoms with van der Waals surface area (Å²) in [5.74, 6) is 0.476. The molecule has 0 saturated carbocycles. The first-order valence-corrected chi connectivity index (χ1v) is 4.64. The fourth-order valence-electron chi connectivity index (χ4n) is 1.14. The van der Waals surface area contributed by atoms with Gasteiger partial charge >= 0.3 is 0 Å². The van der Waals surface area contributed by atoms with Crippen molar-refractivity contribution in [2.24, 2.45) is 0 Å². The van der Waals surface area contributed by atoms with Crippen LogP contribution in [0.4, 0.5) is 0 Å². The second-order valence-corrected chi connectivity index (χ2v) is 3.52. The summed E-state index contributed by atoms with van der Waals surface area (Å²) in [5, 5.41) is 0. The van der Waals surface area contributed by atoms with Gasteiger partial charge in [-0.15, -0.1) is 0 Å². The summed E-state index contributed by atoms with van der Waals surface area (Å²) in [6.07, 6.45) is 0.0821. The molecule has 1 heterocycles. The Hall–Kier alpha value is -0.890. The Bertz CT molecular complexity index is 271. The summed E-state index contributed by atoms with van der Waals surface area (Å²) >= 11 is 0. The van der Waals surface area contributed by atoms with Crippen LogP contribution in [-0.2, 0) is 4.74 Å². The van der Waals surface area contributed by atoms with Gasteiger partial charge in [0.25, 0.3) is 0 Å². The molecule has 72 valence electrons. The van der Waals surface area contributed by atoms with E-state index in [0.29, 0.717) is 5.92 Å². The second kappa shape index (κ2) is 4.38. The van der Waals surface area contributed by atoms with Crippen LogP contribution in [0.3, 0.4) is 0 Å². The van der Waals surface area contributed by atoms with Crippen LogP contribution in [-0.4, -0.2) is 12.1 Å². The van der Waals surface area contributed by atoms with Gasteiger partial charge in [0.2, 0.25) is 0 Å². The van der Waals surface area contributed by atoms with E-state index < -0.39 is 0 Å². The zero-order valence-corrected chi connectivity index (χ0v) is 8.74. The number of ether oxygens (including phenoxy) is 1. The molecule has 1 aromatic heterocycles. The first-order valence-electron chi connectivity index (χ1n) is 4.64. The van der Waals surface area contributed by atoms with Gasteiger partial charge in [0, 0.05) is 12.8 Å². The van der Waals surface area contributed by atoms with Crippen molar-refractivity contribution in [2.45, 2.75) is 32.8 Å². The van der Waals surface area contributed by atoms with Crippen LogP contribution >= 0.6 is 0 Å². The molecule has 0 aliphatic carbocycles. The van der Waals surface area contributed by atoms with Crippen molar-refractivity contribution in [3.05, 3.63) is 29.6 Å². The lowest BCUT2D eigenvalue weighted by Gasteiger charge is -2.11. The maximum absolute atomic E-state index is 5.21. The Kier molecular flexibility index (Phi) is 3.43. The topological polar surface area (TPSA) is 22.1 Å². The van der Waals surface area contributed by atoms with Crippen molar-refractivity contribution in [1.29, 1.82) is 0 Å². The third-order valence-corrected chi connectivity index (χ3v) is 2.15. The SMILES string of the molecule is CO[C@H](C)c1cccc(C(C)C)n1. The molecule has 13 heavy (non-hydrogen) atoms. The summed E-state index contributed by atoms with van der Waals surface area (Å²) in [6.45, 7) is 6.29. The quantitative estimate of drug-likeness (QED) is 0.711. The normalized spacial score (nSPS) is 13.3. The first-order chi connectivity index (χ1) is 6.15. The van der Waals surface area contributed by atoms with E-state index in [1.807, 2.05) is 19.1 Å². The Labute approximate surface area is 80.0 Å². The molecule has 1 atom stereocenters. The van der Waals surface area contributed by atoms with Crippen LogP contribution in [0.5, 0.6) is 0 Å². The predicted molar refractivity (Wildman–Crippen MR) is 53.8 cm³/mol. The third kappa shape index (κ3) is 2.52. The second-order valence-electron chi connectivity index (χ2n) is 3.52. The van der Waals surface area contributed by atoms with Gasteiger partial charge in [0.1, 0.15) is 0 Å². The van der Waals surface area contributed by atoms with Crippen molar-refractivity contribution < 1.29 is 4.74 Å². The molecule has 0 unspecified atom stereocenters. The van der Waals surface area contributed by atoms with Gasteiger partial charge in [-0.1, -0.05) is 19.9 Å². The highest BCUT2D eigenvalue weighted by molar-refractivity contribution is 5.15. The van der Waals surface area contributed by atoms with Gasteiger partial charge in [-0.2, -0.15) is 0 Å². The predicted octanol–water partition coefficient (Wildman–Crippen LogP) is 2.91. The molecule has 1 aromatic rings. The lowest BCUT2D eigenvalue weighted by molar-refractivity contribution is 0.116. The smallest absolute Gasteiger partial charge is 0.0962 e. The average molecular weight is 179 g/mol.